The molecule has 9 rings (SSSR count). The molecule has 15 nitrogen and oxygen atoms in total. The molecule has 0 aliphatic heterocycles. The van der Waals surface area contributed by atoms with E-state index in [0.29, 0.717) is 22.9 Å². The van der Waals surface area contributed by atoms with Crippen molar-refractivity contribution in [3.8, 4) is 11.5 Å². The number of nitrogens with zero attached hydrogens (tertiary/aromatic N) is 3. The van der Waals surface area contributed by atoms with Gasteiger partial charge in [-0.1, -0.05) is 36.4 Å². The van der Waals surface area contributed by atoms with E-state index < -0.39 is 38.7 Å². The number of nitrogen functional groups attached to an aromatic ring is 1. The first-order valence-electron chi connectivity index (χ1n) is 21.8. The van der Waals surface area contributed by atoms with Crippen LogP contribution in [-0.4, -0.2) is 52.5 Å². The number of amides is 1. The molecule has 0 aliphatic rings. The van der Waals surface area contributed by atoms with E-state index >= 15 is 0 Å². The zero-order chi connectivity index (χ0) is 60.0. The number of isothiocyanates is 1. The number of hydrogen-bond acceptors (Lipinski definition) is 14. The minimum atomic E-state index is -3.22. The fourth-order valence-corrected chi connectivity index (χ4v) is 7.30. The third-order valence-corrected chi connectivity index (χ3v) is 11.2. The second-order valence-electron chi connectivity index (χ2n) is 15.0. The van der Waals surface area contributed by atoms with E-state index in [-0.39, 0.29) is 59.5 Å². The third-order valence-electron chi connectivity index (χ3n) is 8.98. The van der Waals surface area contributed by atoms with E-state index in [2.05, 4.69) is 73.2 Å². The minimum absolute atomic E-state index is 0.0553. The number of aromatic nitrogens is 2. The quantitative estimate of drug-likeness (QED) is 0.0115. The summed E-state index contributed by atoms with van der Waals surface area (Å²) < 4.78 is 73.3. The number of benzene rings is 5. The molecule has 6 N–H and O–H groups in total. The van der Waals surface area contributed by atoms with Crippen molar-refractivity contribution in [2.24, 2.45) is 4.99 Å². The molecule has 0 saturated carbocycles. The lowest BCUT2D eigenvalue weighted by atomic mass is 10.1. The van der Waals surface area contributed by atoms with Gasteiger partial charge in [-0.25, -0.2) is 22.0 Å². The summed E-state index contributed by atoms with van der Waals surface area (Å²) in [7, 11) is 0. The van der Waals surface area contributed by atoms with Crippen LogP contribution in [0.3, 0.4) is 0 Å². The highest BCUT2D eigenvalue weighted by molar-refractivity contribution is 8.24. The van der Waals surface area contributed by atoms with Crippen molar-refractivity contribution in [2.75, 3.05) is 5.73 Å². The number of thiophene rings is 2. The Labute approximate surface area is 484 Å². The number of aliphatic carboxylic acids is 1. The van der Waals surface area contributed by atoms with Gasteiger partial charge in [0.25, 0.3) is 11.6 Å². The van der Waals surface area contributed by atoms with Gasteiger partial charge in [-0.3, -0.25) is 38.8 Å². The zero-order valence-electron chi connectivity index (χ0n) is 40.8. The average molecular weight is 1260 g/mol. The number of phenolic OH excluding ortho intramolecular Hbond substituents is 2. The highest BCUT2D eigenvalue weighted by atomic mass is 36.0. The number of carboxylic acid groups (broad SMARTS) is 1. The van der Waals surface area contributed by atoms with E-state index in [0.717, 1.165) is 39.5 Å². The summed E-state index contributed by atoms with van der Waals surface area (Å²) in [5.41, 5.74) is 10.6. The van der Waals surface area contributed by atoms with Gasteiger partial charge in [-0.2, -0.15) is 4.99 Å². The van der Waals surface area contributed by atoms with Crippen molar-refractivity contribution < 1.29 is 61.1 Å². The minimum Gasteiger partial charge on any atom is -0.505 e. The van der Waals surface area contributed by atoms with Crippen molar-refractivity contribution in [1.82, 2.24) is 9.97 Å². The molecule has 0 bridgehead atoms. The second-order valence-corrected chi connectivity index (χ2v) is 24.1. The molecule has 80 heavy (non-hydrogen) atoms. The molecule has 420 valence electrons. The molecule has 28 heteroatoms. The van der Waals surface area contributed by atoms with Crippen LogP contribution >= 0.6 is 85.4 Å². The number of aliphatic imine (C=N–C) groups is 1. The van der Waals surface area contributed by atoms with Crippen LogP contribution < -0.4 is 11.2 Å². The van der Waals surface area contributed by atoms with Crippen LogP contribution in [0.5, 0.6) is 11.5 Å². The number of carbonyl (C=O) groups excluding carboxylic acids is 2. The fourth-order valence-electron chi connectivity index (χ4n) is 5.44. The number of nitro groups is 1. The van der Waals surface area contributed by atoms with E-state index in [1.54, 1.807) is 23.6 Å². The van der Waals surface area contributed by atoms with Gasteiger partial charge >= 0.3 is 11.2 Å². The van der Waals surface area contributed by atoms with E-state index in [1.165, 1.54) is 107 Å². The summed E-state index contributed by atoms with van der Waals surface area (Å²) in [6, 6.07) is 30.6. The maximum absolute atomic E-state index is 12.4. The number of carbonyl (C=O) groups is 3. The Morgan fingerprint density at radius 2 is 1.21 bits per heavy atom. The molecule has 0 unspecified atom stereocenters. The van der Waals surface area contributed by atoms with E-state index in [4.69, 9.17) is 32.7 Å². The largest absolute Gasteiger partial charge is 0.505 e. The standard InChI is InChI=1S/C9H6FNOS.C8H6ClFO.C8H7FO2.C8H7NS.C7H5NOS.C6H4FNO3.C6H6FNO.Cl3OP/c10-8-3-1-7(2-4-8)5-9(12)11-6-13;9-8(11)5-6-1-3-7(10)4-2-6;9-7-3-1-6(2-4-7)5-8(10)11;1-6-2-4-9-7-3-5-10-8(6)7;9-6-1-3-8-5-2-4-10-7(5)6;7-5-3-4(8(10)11)1-2-6(5)9;7-5-3-4(8)1-2-6(5)9;1-5(2,3)4/h1-4H,5H2;1-4H,5H2;1-4H,5H2,(H,10,11);2-5H,1H3;1-4H,(H,8,9);1-3,9H;1-3,9H,8H2;. The van der Waals surface area contributed by atoms with Crippen LogP contribution in [0.1, 0.15) is 22.3 Å². The van der Waals surface area contributed by atoms with Gasteiger partial charge in [0.2, 0.25) is 5.24 Å². The Kier molecular flexibility index (Phi) is 30.9. The number of aryl methyl sites for hydroxylation is 1. The van der Waals surface area contributed by atoms with Gasteiger partial charge in [-0.05, 0) is 170 Å². The number of non-ortho nitro benzene ring substituents is 1. The lowest BCUT2D eigenvalue weighted by Gasteiger charge is -1.95. The number of aromatic hydroxyl groups is 2. The second kappa shape index (κ2) is 36.0. The number of phenols is 2. The number of carboxylic acids is 1. The molecule has 1 amide bonds. The maximum atomic E-state index is 12.4. The molecular formula is C52H41Cl4F5N5O10PS3. The summed E-state index contributed by atoms with van der Waals surface area (Å²) in [5.74, 6) is -4.89. The average Bonchev–Trinajstić information content (AvgIpc) is 4.09. The number of nitro benzene ring substituents is 1. The summed E-state index contributed by atoms with van der Waals surface area (Å²) >= 11 is 26.5. The van der Waals surface area contributed by atoms with Gasteiger partial charge in [0.05, 0.1) is 49.4 Å². The number of anilines is 1. The number of H-pyrrole nitrogens is 1. The van der Waals surface area contributed by atoms with Crippen LogP contribution in [-0.2, 0) is 38.2 Å². The summed E-state index contributed by atoms with van der Waals surface area (Å²) in [5, 5.41) is 37.9. The number of hydrogen-bond donors (Lipinski definition) is 5. The van der Waals surface area contributed by atoms with Crippen molar-refractivity contribution in [3.05, 3.63) is 228 Å². The number of aromatic amines is 1. The lowest BCUT2D eigenvalue weighted by Crippen LogP contribution is -1.99. The molecule has 4 heterocycles. The van der Waals surface area contributed by atoms with Crippen molar-refractivity contribution in [1.29, 1.82) is 0 Å². The summed E-state index contributed by atoms with van der Waals surface area (Å²) in [4.78, 5) is 62.2. The Hall–Kier alpha value is -7.43. The number of rotatable bonds is 7. The van der Waals surface area contributed by atoms with Crippen molar-refractivity contribution in [3.63, 3.8) is 0 Å². The Balaban J connectivity index is 0.000000315. The Bertz CT molecular complexity index is 3550. The highest BCUT2D eigenvalue weighted by Crippen LogP contribution is 2.61. The predicted octanol–water partition coefficient (Wildman–Crippen LogP) is 15.1. The molecule has 5 aromatic carbocycles. The van der Waals surface area contributed by atoms with Crippen molar-refractivity contribution in [2.45, 2.75) is 26.2 Å². The molecule has 9 aromatic rings. The van der Waals surface area contributed by atoms with Gasteiger partial charge in [0.1, 0.15) is 17.5 Å². The maximum Gasteiger partial charge on any atom is 0.339 e. The third kappa shape index (κ3) is 29.5. The highest BCUT2D eigenvalue weighted by Gasteiger charge is 2.09. The molecule has 0 spiro atoms. The number of pyridine rings is 2. The van der Waals surface area contributed by atoms with Gasteiger partial charge in [-0.15, -0.1) is 22.7 Å². The van der Waals surface area contributed by atoms with Gasteiger partial charge in [0.15, 0.2) is 28.6 Å². The molecule has 0 atom stereocenters. The normalized spacial score (nSPS) is 9.82. The Morgan fingerprint density at radius 1 is 0.738 bits per heavy atom. The molecule has 0 fully saturated rings. The van der Waals surface area contributed by atoms with Crippen LogP contribution in [0.25, 0.3) is 20.4 Å². The lowest BCUT2D eigenvalue weighted by molar-refractivity contribution is -0.385. The Morgan fingerprint density at radius 3 is 1.65 bits per heavy atom. The van der Waals surface area contributed by atoms with Gasteiger partial charge < -0.3 is 26.0 Å². The van der Waals surface area contributed by atoms with E-state index in [9.17, 15) is 55.8 Å². The van der Waals surface area contributed by atoms with Gasteiger partial charge in [0, 0.05) is 42.7 Å². The first-order chi connectivity index (χ1) is 37.6. The smallest absolute Gasteiger partial charge is 0.339 e. The van der Waals surface area contributed by atoms with Crippen LogP contribution in [0.4, 0.5) is 33.3 Å². The van der Waals surface area contributed by atoms with E-state index in [1.807, 2.05) is 34.9 Å². The number of thiocarbonyl (C=S) groups is 1. The number of fused-ring (bicyclic) bond motifs is 2. The monoisotopic (exact) mass is 1260 g/mol. The fraction of sp³-hybridized carbons (Fsp3) is 0.0769. The van der Waals surface area contributed by atoms with Crippen LogP contribution in [0.2, 0.25) is 0 Å². The molecule has 4 aromatic heterocycles. The molecular weight excluding hydrogens is 1220 g/mol. The SMILES string of the molecule is Cc1ccnc2ccsc12.Nc1ccc(O)c(F)c1.O=C(Cc1ccc(F)cc1)N=C=S.O=C(Cl)Cc1ccc(F)cc1.O=C(O)Cc1ccc(F)cc1.O=P(Cl)(Cl)Cl.O=[N+]([O-])c1ccc(O)c(F)c1.O=c1cc[nH]c2ccsc12. The van der Waals surface area contributed by atoms with Crippen LogP contribution in [0, 0.1) is 46.1 Å². The molecule has 0 saturated heterocycles. The first kappa shape index (κ1) is 68.7. The predicted molar refractivity (Wildman–Crippen MR) is 308 cm³/mol. The zero-order valence-corrected chi connectivity index (χ0v) is 47.2. The summed E-state index contributed by atoms with van der Waals surface area (Å²) in [6.45, 7) is 2.11. The van der Waals surface area contributed by atoms with Crippen LogP contribution in [0.15, 0.2) is 166 Å². The molecule has 0 aliphatic carbocycles. The number of nitrogens with one attached hydrogen (secondary N) is 1. The number of halogens is 9. The topological polar surface area (TPSA) is 256 Å². The number of nitrogens with two attached hydrogens (primary N) is 1. The van der Waals surface area contributed by atoms with Crippen molar-refractivity contribution >= 4 is 140 Å². The molecule has 0 radical (unpaired) electrons. The summed E-state index contributed by atoms with van der Waals surface area (Å²) in [6.07, 6.45) is 3.74. The first-order valence-corrected chi connectivity index (χ1v) is 28.8.